The number of primary amides is 1. The quantitative estimate of drug-likeness (QED) is 0.607. The molecule has 1 aromatic carbocycles. The van der Waals surface area contributed by atoms with Gasteiger partial charge >= 0.3 is 0 Å². The van der Waals surface area contributed by atoms with Gasteiger partial charge in [0.1, 0.15) is 17.0 Å². The summed E-state index contributed by atoms with van der Waals surface area (Å²) in [6.07, 6.45) is 0. The van der Waals surface area contributed by atoms with Gasteiger partial charge in [-0.15, -0.1) is 0 Å². The maximum absolute atomic E-state index is 11.2. The average molecular weight is 253 g/mol. The fourth-order valence-corrected chi connectivity index (χ4v) is 1.29. The molecular weight excluding hydrogens is 238 g/mol. The summed E-state index contributed by atoms with van der Waals surface area (Å²) in [5.41, 5.74) is 4.16. The van der Waals surface area contributed by atoms with Crippen molar-refractivity contribution in [2.75, 3.05) is 12.4 Å². The molecule has 0 saturated heterocycles. The molecule has 0 aliphatic rings. The largest absolute Gasteiger partial charge is 0.496 e. The van der Waals surface area contributed by atoms with E-state index >= 15 is 0 Å². The second-order valence-electron chi connectivity index (χ2n) is 4.25. The van der Waals surface area contributed by atoms with Gasteiger partial charge in [0.25, 0.3) is 5.69 Å². The lowest BCUT2D eigenvalue weighted by atomic mass is 10.0. The summed E-state index contributed by atoms with van der Waals surface area (Å²) in [5.74, 6) is -0.239. The van der Waals surface area contributed by atoms with Crippen molar-refractivity contribution in [3.8, 4) is 5.75 Å². The molecule has 0 aliphatic heterocycles. The number of carbonyl (C=O) groups is 1. The van der Waals surface area contributed by atoms with Crippen molar-refractivity contribution in [1.29, 1.82) is 0 Å². The summed E-state index contributed by atoms with van der Waals surface area (Å²) in [6.45, 7) is 3.09. The van der Waals surface area contributed by atoms with Crippen LogP contribution in [0.25, 0.3) is 0 Å². The number of anilines is 1. The molecule has 0 bridgehead atoms. The minimum atomic E-state index is -1.08. The first kappa shape index (κ1) is 13.8. The summed E-state index contributed by atoms with van der Waals surface area (Å²) in [6, 6.07) is 4.31. The molecule has 0 unspecified atom stereocenters. The van der Waals surface area contributed by atoms with Gasteiger partial charge in [-0.2, -0.15) is 0 Å². The van der Waals surface area contributed by atoms with Crippen LogP contribution in [0, 0.1) is 10.1 Å². The van der Waals surface area contributed by atoms with Gasteiger partial charge in [0, 0.05) is 0 Å². The Hall–Kier alpha value is -2.31. The smallest absolute Gasteiger partial charge is 0.296 e. The Balaban J connectivity index is 3.17. The van der Waals surface area contributed by atoms with Crippen LogP contribution < -0.4 is 15.8 Å². The molecule has 18 heavy (non-hydrogen) atoms. The third-order valence-electron chi connectivity index (χ3n) is 2.46. The number of nitrogens with two attached hydrogens (primary N) is 1. The summed E-state index contributed by atoms with van der Waals surface area (Å²) < 4.78 is 4.91. The van der Waals surface area contributed by atoms with Crippen molar-refractivity contribution in [2.24, 2.45) is 5.73 Å². The summed E-state index contributed by atoms with van der Waals surface area (Å²) in [7, 11) is 1.42. The van der Waals surface area contributed by atoms with Crippen LogP contribution in [0.3, 0.4) is 0 Å². The second-order valence-corrected chi connectivity index (χ2v) is 4.25. The van der Waals surface area contributed by atoms with E-state index in [0.29, 0.717) is 5.75 Å². The molecule has 0 spiro atoms. The van der Waals surface area contributed by atoms with Crippen molar-refractivity contribution >= 4 is 17.3 Å². The van der Waals surface area contributed by atoms with Gasteiger partial charge in [0.05, 0.1) is 18.1 Å². The second kappa shape index (κ2) is 4.91. The molecule has 0 heterocycles. The molecule has 0 radical (unpaired) electrons. The van der Waals surface area contributed by atoms with E-state index < -0.39 is 16.4 Å². The Kier molecular flexibility index (Phi) is 3.75. The van der Waals surface area contributed by atoms with Crippen molar-refractivity contribution in [2.45, 2.75) is 19.4 Å². The third-order valence-corrected chi connectivity index (χ3v) is 2.46. The molecule has 7 heteroatoms. The topological polar surface area (TPSA) is 107 Å². The van der Waals surface area contributed by atoms with Crippen molar-refractivity contribution in [3.05, 3.63) is 28.3 Å². The number of hydrogen-bond donors (Lipinski definition) is 2. The summed E-state index contributed by atoms with van der Waals surface area (Å²) >= 11 is 0. The number of nitro groups is 1. The lowest BCUT2D eigenvalue weighted by molar-refractivity contribution is -0.384. The third kappa shape index (κ3) is 2.88. The number of rotatable bonds is 5. The molecule has 1 amide bonds. The van der Waals surface area contributed by atoms with E-state index in [9.17, 15) is 14.9 Å². The van der Waals surface area contributed by atoms with E-state index in [-0.39, 0.29) is 11.4 Å². The standard InChI is InChI=1S/C11H15N3O4/c1-11(2,10(12)15)13-8-5-4-7(18-3)6-9(8)14(16)17/h4-6,13H,1-3H3,(H2,12,15). The minimum Gasteiger partial charge on any atom is -0.496 e. The predicted molar refractivity (Wildman–Crippen MR) is 66.5 cm³/mol. The highest BCUT2D eigenvalue weighted by atomic mass is 16.6. The zero-order valence-corrected chi connectivity index (χ0v) is 10.4. The van der Waals surface area contributed by atoms with E-state index in [2.05, 4.69) is 5.32 Å². The molecule has 0 atom stereocenters. The zero-order valence-electron chi connectivity index (χ0n) is 10.4. The zero-order chi connectivity index (χ0) is 13.9. The van der Waals surface area contributed by atoms with E-state index in [4.69, 9.17) is 10.5 Å². The average Bonchev–Trinajstić information content (AvgIpc) is 2.28. The highest BCUT2D eigenvalue weighted by molar-refractivity contribution is 5.87. The molecule has 1 aromatic rings. The van der Waals surface area contributed by atoms with Crippen molar-refractivity contribution in [1.82, 2.24) is 0 Å². The lowest BCUT2D eigenvalue weighted by Crippen LogP contribution is -2.45. The minimum absolute atomic E-state index is 0.177. The van der Waals surface area contributed by atoms with E-state index in [1.54, 1.807) is 19.9 Å². The molecule has 0 aromatic heterocycles. The Morgan fingerprint density at radius 1 is 1.50 bits per heavy atom. The van der Waals surface area contributed by atoms with Gasteiger partial charge in [0.2, 0.25) is 5.91 Å². The fourth-order valence-electron chi connectivity index (χ4n) is 1.29. The number of ether oxygens (including phenoxy) is 1. The molecule has 7 nitrogen and oxygen atoms in total. The number of carbonyl (C=O) groups excluding carboxylic acids is 1. The highest BCUT2D eigenvalue weighted by Crippen LogP contribution is 2.30. The maximum atomic E-state index is 11.2. The van der Waals surface area contributed by atoms with Gasteiger partial charge in [0.15, 0.2) is 0 Å². The van der Waals surface area contributed by atoms with Crippen LogP contribution in [-0.2, 0) is 4.79 Å². The lowest BCUT2D eigenvalue weighted by Gasteiger charge is -2.23. The van der Waals surface area contributed by atoms with Crippen LogP contribution >= 0.6 is 0 Å². The summed E-state index contributed by atoms with van der Waals surface area (Å²) in [4.78, 5) is 21.6. The summed E-state index contributed by atoms with van der Waals surface area (Å²) in [5, 5.41) is 13.7. The first-order chi connectivity index (χ1) is 8.27. The van der Waals surface area contributed by atoms with Crippen molar-refractivity contribution in [3.63, 3.8) is 0 Å². The Morgan fingerprint density at radius 3 is 2.56 bits per heavy atom. The van der Waals surface area contributed by atoms with Crippen LogP contribution in [0.4, 0.5) is 11.4 Å². The number of nitrogens with one attached hydrogen (secondary N) is 1. The van der Waals surface area contributed by atoms with Crippen LogP contribution in [0.1, 0.15) is 13.8 Å². The van der Waals surface area contributed by atoms with E-state index in [1.165, 1.54) is 19.2 Å². The molecule has 1 rings (SSSR count). The number of amides is 1. The number of benzene rings is 1. The van der Waals surface area contributed by atoms with Gasteiger partial charge in [-0.25, -0.2) is 0 Å². The molecular formula is C11H15N3O4. The normalized spacial score (nSPS) is 10.8. The first-order valence-electron chi connectivity index (χ1n) is 5.18. The maximum Gasteiger partial charge on any atom is 0.296 e. The Morgan fingerprint density at radius 2 is 2.11 bits per heavy atom. The van der Waals surface area contributed by atoms with Crippen LogP contribution in [0.15, 0.2) is 18.2 Å². The Labute approximate surface area is 104 Å². The predicted octanol–water partition coefficient (Wildman–Crippen LogP) is 1.28. The number of nitrogens with zero attached hydrogens (tertiary/aromatic N) is 1. The molecule has 0 fully saturated rings. The number of nitro benzene ring substituents is 1. The molecule has 98 valence electrons. The first-order valence-corrected chi connectivity index (χ1v) is 5.18. The van der Waals surface area contributed by atoms with Crippen molar-refractivity contribution < 1.29 is 14.5 Å². The van der Waals surface area contributed by atoms with Crippen LogP contribution in [0.5, 0.6) is 5.75 Å². The van der Waals surface area contributed by atoms with Gasteiger partial charge in [-0.3, -0.25) is 14.9 Å². The van der Waals surface area contributed by atoms with E-state index in [0.717, 1.165) is 0 Å². The van der Waals surface area contributed by atoms with Gasteiger partial charge in [-0.05, 0) is 26.0 Å². The molecule has 0 aliphatic carbocycles. The molecule has 3 N–H and O–H groups in total. The number of methoxy groups -OCH3 is 1. The Bertz CT molecular complexity index is 485. The number of hydrogen-bond acceptors (Lipinski definition) is 5. The fraction of sp³-hybridized carbons (Fsp3) is 0.364. The molecule has 0 saturated carbocycles. The van der Waals surface area contributed by atoms with Gasteiger partial charge in [-0.1, -0.05) is 0 Å². The van der Waals surface area contributed by atoms with E-state index in [1.807, 2.05) is 0 Å². The van der Waals surface area contributed by atoms with Gasteiger partial charge < -0.3 is 15.8 Å². The SMILES string of the molecule is COc1ccc(NC(C)(C)C(N)=O)c([N+](=O)[O-])c1. The van der Waals surface area contributed by atoms with Crippen LogP contribution in [-0.4, -0.2) is 23.5 Å². The monoisotopic (exact) mass is 253 g/mol. The highest BCUT2D eigenvalue weighted by Gasteiger charge is 2.27. The van der Waals surface area contributed by atoms with Crippen LogP contribution in [0.2, 0.25) is 0 Å².